The summed E-state index contributed by atoms with van der Waals surface area (Å²) in [6.07, 6.45) is 0. The maximum atomic E-state index is 10.7. The first-order valence-corrected chi connectivity index (χ1v) is 6.61. The van der Waals surface area contributed by atoms with Gasteiger partial charge in [0.15, 0.2) is 0 Å². The van der Waals surface area contributed by atoms with Gasteiger partial charge in [-0.15, -0.1) is 0 Å². The van der Waals surface area contributed by atoms with Gasteiger partial charge in [-0.05, 0) is 0 Å². The maximum Gasteiger partial charge on any atom is 0.317 e. The van der Waals surface area contributed by atoms with E-state index in [9.17, 15) is 9.59 Å². The van der Waals surface area contributed by atoms with E-state index in [-0.39, 0.29) is 13.1 Å². The Hall–Kier alpha value is -1.22. The van der Waals surface area contributed by atoms with Crippen molar-refractivity contribution < 1.29 is 29.3 Å². The first-order chi connectivity index (χ1) is 9.58. The Morgan fingerprint density at radius 2 is 1.05 bits per heavy atom. The number of rotatable bonds is 4. The van der Waals surface area contributed by atoms with Crippen LogP contribution in [0.5, 0.6) is 0 Å². The molecule has 1 saturated heterocycles. The Labute approximate surface area is 117 Å². The van der Waals surface area contributed by atoms with E-state index in [1.807, 2.05) is 0 Å². The fourth-order valence-electron chi connectivity index (χ4n) is 1.90. The second kappa shape index (κ2) is 9.65. The maximum absolute atomic E-state index is 10.7. The minimum Gasteiger partial charge on any atom is -0.480 e. The Bertz CT molecular complexity index is 270. The number of ether oxygens (including phenoxy) is 2. The van der Waals surface area contributed by atoms with Crippen LogP contribution in [-0.4, -0.2) is 97.6 Å². The molecule has 2 N–H and O–H groups in total. The van der Waals surface area contributed by atoms with Gasteiger partial charge in [-0.25, -0.2) is 0 Å². The number of carboxylic acid groups (broad SMARTS) is 2. The van der Waals surface area contributed by atoms with Crippen molar-refractivity contribution in [2.45, 2.75) is 0 Å². The third kappa shape index (κ3) is 8.05. The molecule has 0 atom stereocenters. The van der Waals surface area contributed by atoms with Crippen LogP contribution in [0.25, 0.3) is 0 Å². The summed E-state index contributed by atoms with van der Waals surface area (Å²) in [6.45, 7) is 3.73. The van der Waals surface area contributed by atoms with Crippen LogP contribution >= 0.6 is 0 Å². The number of aliphatic carboxylic acids is 2. The molecule has 1 rings (SSSR count). The molecule has 8 heteroatoms. The largest absolute Gasteiger partial charge is 0.480 e. The highest BCUT2D eigenvalue weighted by atomic mass is 16.5. The van der Waals surface area contributed by atoms with Crippen LogP contribution in [0.15, 0.2) is 0 Å². The fraction of sp³-hybridized carbons (Fsp3) is 0.833. The summed E-state index contributed by atoms with van der Waals surface area (Å²) in [4.78, 5) is 24.9. The van der Waals surface area contributed by atoms with Crippen LogP contribution in [0.3, 0.4) is 0 Å². The van der Waals surface area contributed by atoms with E-state index in [4.69, 9.17) is 19.7 Å². The molecule has 0 aliphatic carbocycles. The topological polar surface area (TPSA) is 99.5 Å². The summed E-state index contributed by atoms with van der Waals surface area (Å²) in [6, 6.07) is 0. The van der Waals surface area contributed by atoms with Gasteiger partial charge in [0.2, 0.25) is 0 Å². The minimum absolute atomic E-state index is 0.0299. The molecule has 116 valence electrons. The molecule has 0 amide bonds. The zero-order valence-electron chi connectivity index (χ0n) is 11.5. The summed E-state index contributed by atoms with van der Waals surface area (Å²) < 4.78 is 10.8. The van der Waals surface area contributed by atoms with Crippen molar-refractivity contribution in [3.8, 4) is 0 Å². The molecule has 0 spiro atoms. The van der Waals surface area contributed by atoms with Crippen molar-refractivity contribution in [1.82, 2.24) is 9.80 Å². The average Bonchev–Trinajstić information content (AvgIpc) is 2.33. The molecule has 0 bridgehead atoms. The highest BCUT2D eigenvalue weighted by molar-refractivity contribution is 5.69. The third-order valence-corrected chi connectivity index (χ3v) is 2.93. The summed E-state index contributed by atoms with van der Waals surface area (Å²) in [5.41, 5.74) is 0. The molecule has 1 aliphatic rings. The van der Waals surface area contributed by atoms with Gasteiger partial charge in [0.1, 0.15) is 0 Å². The van der Waals surface area contributed by atoms with Crippen molar-refractivity contribution >= 4 is 11.9 Å². The van der Waals surface area contributed by atoms with Gasteiger partial charge in [0.25, 0.3) is 0 Å². The molecule has 0 radical (unpaired) electrons. The highest BCUT2D eigenvalue weighted by Gasteiger charge is 2.13. The monoisotopic (exact) mass is 290 g/mol. The van der Waals surface area contributed by atoms with Gasteiger partial charge >= 0.3 is 11.9 Å². The minimum atomic E-state index is -0.871. The quantitative estimate of drug-likeness (QED) is 0.666. The molecular weight excluding hydrogens is 268 g/mol. The molecule has 0 aromatic rings. The predicted octanol–water partition coefficient (Wildman–Crippen LogP) is -1.19. The van der Waals surface area contributed by atoms with E-state index in [1.165, 1.54) is 0 Å². The van der Waals surface area contributed by atoms with Crippen LogP contribution in [0, 0.1) is 0 Å². The normalized spacial score (nSPS) is 20.8. The van der Waals surface area contributed by atoms with E-state index in [0.29, 0.717) is 52.6 Å². The number of nitrogens with zero attached hydrogens (tertiary/aromatic N) is 2. The zero-order valence-corrected chi connectivity index (χ0v) is 11.5. The predicted molar refractivity (Wildman–Crippen MR) is 69.8 cm³/mol. The fourth-order valence-corrected chi connectivity index (χ4v) is 1.90. The van der Waals surface area contributed by atoms with E-state index in [2.05, 4.69) is 0 Å². The Kier molecular flexibility index (Phi) is 8.12. The van der Waals surface area contributed by atoms with Crippen LogP contribution in [0.1, 0.15) is 0 Å². The van der Waals surface area contributed by atoms with Gasteiger partial charge in [-0.2, -0.15) is 0 Å². The molecule has 0 saturated carbocycles. The van der Waals surface area contributed by atoms with Crippen molar-refractivity contribution in [2.24, 2.45) is 0 Å². The summed E-state index contributed by atoms with van der Waals surface area (Å²) in [7, 11) is 0. The third-order valence-electron chi connectivity index (χ3n) is 2.93. The molecule has 0 aromatic carbocycles. The SMILES string of the molecule is O=C(O)CN1CCOCCN(CC(=O)O)CCOCC1. The highest BCUT2D eigenvalue weighted by Crippen LogP contribution is 1.95. The lowest BCUT2D eigenvalue weighted by Crippen LogP contribution is -2.39. The number of carbonyl (C=O) groups is 2. The summed E-state index contributed by atoms with van der Waals surface area (Å²) >= 11 is 0. The van der Waals surface area contributed by atoms with Gasteiger partial charge < -0.3 is 19.7 Å². The van der Waals surface area contributed by atoms with Crippen molar-refractivity contribution in [3.63, 3.8) is 0 Å². The van der Waals surface area contributed by atoms with E-state index in [0.717, 1.165) is 0 Å². The lowest BCUT2D eigenvalue weighted by atomic mass is 10.4. The molecule has 0 unspecified atom stereocenters. The van der Waals surface area contributed by atoms with Crippen LogP contribution in [-0.2, 0) is 19.1 Å². The molecular formula is C12H22N2O6. The van der Waals surface area contributed by atoms with Crippen LogP contribution in [0.4, 0.5) is 0 Å². The Morgan fingerprint density at radius 1 is 0.750 bits per heavy atom. The van der Waals surface area contributed by atoms with Gasteiger partial charge in [-0.3, -0.25) is 19.4 Å². The van der Waals surface area contributed by atoms with Crippen molar-refractivity contribution in [2.75, 3.05) is 65.7 Å². The summed E-state index contributed by atoms with van der Waals surface area (Å²) in [5, 5.41) is 17.6. The number of hydrogen-bond acceptors (Lipinski definition) is 6. The standard InChI is InChI=1S/C12H22N2O6/c15-11(16)9-13-1-5-19-7-3-14(10-12(17)18)4-8-20-6-2-13/h1-10H2,(H,15,16)(H,17,18). The molecule has 20 heavy (non-hydrogen) atoms. The van der Waals surface area contributed by atoms with Crippen molar-refractivity contribution in [3.05, 3.63) is 0 Å². The number of carboxylic acids is 2. The lowest BCUT2D eigenvalue weighted by Gasteiger charge is -2.24. The Morgan fingerprint density at radius 3 is 1.30 bits per heavy atom. The average molecular weight is 290 g/mol. The van der Waals surface area contributed by atoms with E-state index >= 15 is 0 Å². The smallest absolute Gasteiger partial charge is 0.317 e. The van der Waals surface area contributed by atoms with E-state index in [1.54, 1.807) is 9.80 Å². The number of hydrogen-bond donors (Lipinski definition) is 2. The zero-order chi connectivity index (χ0) is 14.8. The first kappa shape index (κ1) is 16.8. The van der Waals surface area contributed by atoms with Gasteiger partial charge in [0, 0.05) is 26.2 Å². The summed E-state index contributed by atoms with van der Waals surface area (Å²) in [5.74, 6) is -1.74. The van der Waals surface area contributed by atoms with Crippen molar-refractivity contribution in [1.29, 1.82) is 0 Å². The van der Waals surface area contributed by atoms with Gasteiger partial charge in [-0.1, -0.05) is 0 Å². The molecule has 1 fully saturated rings. The van der Waals surface area contributed by atoms with Crippen LogP contribution < -0.4 is 0 Å². The lowest BCUT2D eigenvalue weighted by molar-refractivity contribution is -0.139. The second-order valence-electron chi connectivity index (χ2n) is 4.56. The second-order valence-corrected chi connectivity index (χ2v) is 4.56. The van der Waals surface area contributed by atoms with Gasteiger partial charge in [0.05, 0.1) is 39.5 Å². The Balaban J connectivity index is 2.37. The molecule has 1 aliphatic heterocycles. The first-order valence-electron chi connectivity index (χ1n) is 6.61. The van der Waals surface area contributed by atoms with Crippen LogP contribution in [0.2, 0.25) is 0 Å². The molecule has 0 aromatic heterocycles. The molecule has 1 heterocycles. The van der Waals surface area contributed by atoms with E-state index < -0.39 is 11.9 Å². The molecule has 8 nitrogen and oxygen atoms in total.